The van der Waals surface area contributed by atoms with Crippen molar-refractivity contribution in [3.05, 3.63) is 48.7 Å². The zero-order valence-electron chi connectivity index (χ0n) is 7.90. The monoisotopic (exact) mass is 184 g/mol. The lowest BCUT2D eigenvalue weighted by Crippen LogP contribution is -1.90. The molecule has 1 aromatic heterocycles. The summed E-state index contributed by atoms with van der Waals surface area (Å²) in [4.78, 5) is 4.14. The SMILES string of the molecule is COc1ncccc1-c1c[c]ccc1. The van der Waals surface area contributed by atoms with Crippen molar-refractivity contribution >= 4 is 0 Å². The van der Waals surface area contributed by atoms with Crippen LogP contribution in [0.1, 0.15) is 0 Å². The fourth-order valence-electron chi connectivity index (χ4n) is 1.33. The average molecular weight is 184 g/mol. The highest BCUT2D eigenvalue weighted by atomic mass is 16.5. The number of rotatable bonds is 2. The molecule has 2 rings (SSSR count). The lowest BCUT2D eigenvalue weighted by molar-refractivity contribution is 0.399. The summed E-state index contributed by atoms with van der Waals surface area (Å²) in [7, 11) is 1.62. The van der Waals surface area contributed by atoms with Gasteiger partial charge in [-0.25, -0.2) is 4.98 Å². The highest BCUT2D eigenvalue weighted by molar-refractivity contribution is 5.67. The summed E-state index contributed by atoms with van der Waals surface area (Å²) in [6.45, 7) is 0. The Bertz CT molecular complexity index is 412. The Morgan fingerprint density at radius 3 is 2.93 bits per heavy atom. The molecule has 0 unspecified atom stereocenters. The Balaban J connectivity index is 2.51. The highest BCUT2D eigenvalue weighted by Gasteiger charge is 2.04. The maximum Gasteiger partial charge on any atom is 0.221 e. The van der Waals surface area contributed by atoms with Gasteiger partial charge in [-0.3, -0.25) is 0 Å². The lowest BCUT2D eigenvalue weighted by atomic mass is 10.1. The molecule has 0 aliphatic rings. The zero-order valence-corrected chi connectivity index (χ0v) is 7.90. The second-order valence-corrected chi connectivity index (χ2v) is 2.85. The van der Waals surface area contributed by atoms with Crippen LogP contribution >= 0.6 is 0 Å². The predicted molar refractivity (Wildman–Crippen MR) is 55.1 cm³/mol. The van der Waals surface area contributed by atoms with Gasteiger partial charge < -0.3 is 4.74 Å². The van der Waals surface area contributed by atoms with E-state index in [-0.39, 0.29) is 0 Å². The third-order valence-corrected chi connectivity index (χ3v) is 1.98. The topological polar surface area (TPSA) is 22.1 Å². The van der Waals surface area contributed by atoms with E-state index in [9.17, 15) is 0 Å². The molecular weight excluding hydrogens is 174 g/mol. The molecule has 2 aromatic rings. The van der Waals surface area contributed by atoms with Gasteiger partial charge in [-0.2, -0.15) is 0 Å². The van der Waals surface area contributed by atoms with Crippen molar-refractivity contribution in [3.63, 3.8) is 0 Å². The van der Waals surface area contributed by atoms with E-state index in [2.05, 4.69) is 11.1 Å². The number of benzene rings is 1. The van der Waals surface area contributed by atoms with Crippen LogP contribution in [0.15, 0.2) is 42.6 Å². The molecule has 2 heteroatoms. The molecule has 1 heterocycles. The number of pyridine rings is 1. The first-order valence-electron chi connectivity index (χ1n) is 4.37. The first kappa shape index (κ1) is 8.75. The van der Waals surface area contributed by atoms with Gasteiger partial charge >= 0.3 is 0 Å². The predicted octanol–water partition coefficient (Wildman–Crippen LogP) is 2.56. The van der Waals surface area contributed by atoms with Crippen molar-refractivity contribution in [1.82, 2.24) is 4.98 Å². The molecule has 0 bridgehead atoms. The zero-order chi connectivity index (χ0) is 9.80. The molecule has 14 heavy (non-hydrogen) atoms. The van der Waals surface area contributed by atoms with Gasteiger partial charge in [0.1, 0.15) is 0 Å². The minimum absolute atomic E-state index is 0.645. The third-order valence-electron chi connectivity index (χ3n) is 1.98. The molecule has 0 spiro atoms. The third kappa shape index (κ3) is 1.59. The summed E-state index contributed by atoms with van der Waals surface area (Å²) in [5.74, 6) is 0.645. The van der Waals surface area contributed by atoms with E-state index < -0.39 is 0 Å². The van der Waals surface area contributed by atoms with E-state index in [0.29, 0.717) is 5.88 Å². The van der Waals surface area contributed by atoms with Crippen molar-refractivity contribution in [2.24, 2.45) is 0 Å². The van der Waals surface area contributed by atoms with Crippen LogP contribution < -0.4 is 4.74 Å². The second-order valence-electron chi connectivity index (χ2n) is 2.85. The van der Waals surface area contributed by atoms with E-state index in [1.807, 2.05) is 36.4 Å². The number of methoxy groups -OCH3 is 1. The van der Waals surface area contributed by atoms with Gasteiger partial charge in [0.05, 0.1) is 7.11 Å². The molecular formula is C12H10NO. The number of aromatic nitrogens is 1. The van der Waals surface area contributed by atoms with Crippen LogP contribution in [0.25, 0.3) is 11.1 Å². The molecule has 1 aromatic carbocycles. The maximum absolute atomic E-state index is 5.17. The minimum Gasteiger partial charge on any atom is -0.481 e. The van der Waals surface area contributed by atoms with Crippen molar-refractivity contribution in [2.45, 2.75) is 0 Å². The molecule has 1 radical (unpaired) electrons. The number of hydrogen-bond donors (Lipinski definition) is 0. The van der Waals surface area contributed by atoms with Crippen LogP contribution in [0.4, 0.5) is 0 Å². The fraction of sp³-hybridized carbons (Fsp3) is 0.0833. The summed E-state index contributed by atoms with van der Waals surface area (Å²) in [5.41, 5.74) is 2.06. The van der Waals surface area contributed by atoms with Gasteiger partial charge in [-0.15, -0.1) is 0 Å². The van der Waals surface area contributed by atoms with E-state index in [0.717, 1.165) is 11.1 Å². The van der Waals surface area contributed by atoms with E-state index >= 15 is 0 Å². The van der Waals surface area contributed by atoms with Gasteiger partial charge in [0.2, 0.25) is 5.88 Å². The van der Waals surface area contributed by atoms with Crippen LogP contribution in [0.5, 0.6) is 5.88 Å². The Morgan fingerprint density at radius 1 is 1.29 bits per heavy atom. The van der Waals surface area contributed by atoms with Crippen molar-refractivity contribution in [3.8, 4) is 17.0 Å². The Labute approximate surface area is 83.2 Å². The first-order valence-corrected chi connectivity index (χ1v) is 4.37. The Hall–Kier alpha value is -1.83. The highest BCUT2D eigenvalue weighted by Crippen LogP contribution is 2.26. The van der Waals surface area contributed by atoms with E-state index in [1.54, 1.807) is 13.3 Å². The minimum atomic E-state index is 0.645. The van der Waals surface area contributed by atoms with Gasteiger partial charge in [0.15, 0.2) is 0 Å². The molecule has 0 N–H and O–H groups in total. The fourth-order valence-corrected chi connectivity index (χ4v) is 1.33. The lowest BCUT2D eigenvalue weighted by Gasteiger charge is -2.05. The quantitative estimate of drug-likeness (QED) is 0.715. The Morgan fingerprint density at radius 2 is 2.21 bits per heavy atom. The second kappa shape index (κ2) is 3.92. The number of ether oxygens (including phenoxy) is 1. The first-order chi connectivity index (χ1) is 6.92. The van der Waals surface area contributed by atoms with E-state index in [1.165, 1.54) is 0 Å². The molecule has 0 amide bonds. The maximum atomic E-state index is 5.17. The molecule has 0 fully saturated rings. The van der Waals surface area contributed by atoms with Crippen molar-refractivity contribution < 1.29 is 4.74 Å². The summed E-state index contributed by atoms with van der Waals surface area (Å²) in [5, 5.41) is 0. The summed E-state index contributed by atoms with van der Waals surface area (Å²) in [6, 6.07) is 14.6. The molecule has 0 aliphatic carbocycles. The van der Waals surface area contributed by atoms with Gasteiger partial charge in [0.25, 0.3) is 0 Å². The summed E-state index contributed by atoms with van der Waals surface area (Å²) in [6.07, 6.45) is 1.72. The number of nitrogens with zero attached hydrogens (tertiary/aromatic N) is 1. The summed E-state index contributed by atoms with van der Waals surface area (Å²) < 4.78 is 5.17. The van der Waals surface area contributed by atoms with Crippen molar-refractivity contribution in [1.29, 1.82) is 0 Å². The van der Waals surface area contributed by atoms with Crippen LogP contribution in [-0.4, -0.2) is 12.1 Å². The molecule has 69 valence electrons. The molecule has 0 saturated heterocycles. The average Bonchev–Trinajstić information content (AvgIpc) is 2.30. The summed E-state index contributed by atoms with van der Waals surface area (Å²) >= 11 is 0. The Kier molecular flexibility index (Phi) is 2.45. The molecule has 2 nitrogen and oxygen atoms in total. The van der Waals surface area contributed by atoms with Crippen LogP contribution in [0.3, 0.4) is 0 Å². The molecule has 0 atom stereocenters. The van der Waals surface area contributed by atoms with Crippen LogP contribution in [-0.2, 0) is 0 Å². The van der Waals surface area contributed by atoms with Gasteiger partial charge in [-0.05, 0) is 29.8 Å². The van der Waals surface area contributed by atoms with Crippen LogP contribution in [0.2, 0.25) is 0 Å². The largest absolute Gasteiger partial charge is 0.481 e. The molecule has 0 saturated carbocycles. The van der Waals surface area contributed by atoms with Gasteiger partial charge in [0, 0.05) is 11.8 Å². The number of hydrogen-bond acceptors (Lipinski definition) is 2. The smallest absolute Gasteiger partial charge is 0.221 e. The standard InChI is InChI=1S/C12H10NO/c1-14-12-11(8-5-9-13-12)10-6-3-2-4-7-10/h2-3,5-9H,1H3. The molecule has 0 aliphatic heterocycles. The van der Waals surface area contributed by atoms with Crippen LogP contribution in [0, 0.1) is 6.07 Å². The normalized spacial score (nSPS) is 9.79. The van der Waals surface area contributed by atoms with Crippen molar-refractivity contribution in [2.75, 3.05) is 7.11 Å². The van der Waals surface area contributed by atoms with E-state index in [4.69, 9.17) is 4.74 Å². The van der Waals surface area contributed by atoms with Gasteiger partial charge in [-0.1, -0.05) is 18.2 Å².